The zero-order valence-electron chi connectivity index (χ0n) is 26.1. The molecule has 3 aromatic carbocycles. The highest BCUT2D eigenvalue weighted by molar-refractivity contribution is 7.90. The molecule has 2 heterocycles. The van der Waals surface area contributed by atoms with E-state index >= 15 is 0 Å². The number of nitrogens with zero attached hydrogens (tertiary/aromatic N) is 3. The summed E-state index contributed by atoms with van der Waals surface area (Å²) in [7, 11) is -2.67. The van der Waals surface area contributed by atoms with Crippen LogP contribution in [0.2, 0.25) is 5.15 Å². The molecule has 13 heteroatoms. The SMILES string of the molecule is C[C@@H](C(=O)N[C@H]1COc2ccccc2N(Cc2c(Cl)n(S(=O)(=O)c3ccccc3)c3ccccc23)C1=O)N(C)C(=O)OC(C)(C)C. The summed E-state index contributed by atoms with van der Waals surface area (Å²) in [5.74, 6) is -0.711. The van der Waals surface area contributed by atoms with E-state index in [-0.39, 0.29) is 23.2 Å². The summed E-state index contributed by atoms with van der Waals surface area (Å²) in [5, 5.41) is 3.18. The van der Waals surface area contributed by atoms with Gasteiger partial charge >= 0.3 is 6.09 Å². The van der Waals surface area contributed by atoms with E-state index in [9.17, 15) is 22.8 Å². The van der Waals surface area contributed by atoms with Crippen LogP contribution < -0.4 is 15.0 Å². The van der Waals surface area contributed by atoms with E-state index in [4.69, 9.17) is 21.1 Å². The first-order valence-corrected chi connectivity index (χ1v) is 16.4. The van der Waals surface area contributed by atoms with Gasteiger partial charge in [0.25, 0.3) is 15.9 Å². The molecule has 0 unspecified atom stereocenters. The van der Waals surface area contributed by atoms with Crippen molar-refractivity contribution in [3.63, 3.8) is 0 Å². The van der Waals surface area contributed by atoms with E-state index in [1.807, 2.05) is 0 Å². The zero-order chi connectivity index (χ0) is 33.4. The standard InChI is InChI=1S/C33H35ClN4O7S/c1-21(36(5)32(41)45-33(2,3)4)30(39)35-25-20-44-28-18-12-11-17-27(28)37(31(25)40)19-24-23-15-9-10-16-26(23)38(29(24)34)46(42,43)22-13-7-6-8-14-22/h6-18,21,25H,19-20H2,1-5H3,(H,35,39)/t21-,25-/m0/s1. The Hall–Kier alpha value is -4.55. The molecule has 3 amide bonds. The van der Waals surface area contributed by atoms with Gasteiger partial charge in [-0.25, -0.2) is 17.2 Å². The van der Waals surface area contributed by atoms with Crippen molar-refractivity contribution >= 4 is 56.1 Å². The number of hydrogen-bond acceptors (Lipinski definition) is 7. The van der Waals surface area contributed by atoms with Crippen molar-refractivity contribution in [2.75, 3.05) is 18.6 Å². The Morgan fingerprint density at radius 2 is 1.67 bits per heavy atom. The molecular weight excluding hydrogens is 632 g/mol. The van der Waals surface area contributed by atoms with Crippen LogP contribution in [0.4, 0.5) is 10.5 Å². The number of aromatic nitrogens is 1. The minimum absolute atomic E-state index is 0.0574. The number of hydrogen-bond donors (Lipinski definition) is 1. The first-order chi connectivity index (χ1) is 21.7. The van der Waals surface area contributed by atoms with Gasteiger partial charge in [0.05, 0.1) is 22.6 Å². The van der Waals surface area contributed by atoms with Gasteiger partial charge in [0.1, 0.15) is 35.2 Å². The minimum Gasteiger partial charge on any atom is -0.489 e. The van der Waals surface area contributed by atoms with Crippen molar-refractivity contribution in [3.8, 4) is 5.75 Å². The van der Waals surface area contributed by atoms with Crippen LogP contribution in [0.5, 0.6) is 5.75 Å². The molecule has 1 aliphatic heterocycles. The zero-order valence-corrected chi connectivity index (χ0v) is 27.6. The van der Waals surface area contributed by atoms with E-state index in [1.165, 1.54) is 31.0 Å². The van der Waals surface area contributed by atoms with E-state index in [0.29, 0.717) is 27.9 Å². The van der Waals surface area contributed by atoms with Crippen molar-refractivity contribution < 1.29 is 32.3 Å². The third-order valence-corrected chi connectivity index (χ3v) is 9.78. The van der Waals surface area contributed by atoms with Gasteiger partial charge in [-0.3, -0.25) is 14.5 Å². The Labute approximate surface area is 272 Å². The van der Waals surface area contributed by atoms with E-state index in [1.54, 1.807) is 87.5 Å². The number of fused-ring (bicyclic) bond motifs is 2. The number of likely N-dealkylation sites (N-methyl/N-ethyl adjacent to an activating group) is 1. The second-order valence-corrected chi connectivity index (χ2v) is 14.0. The van der Waals surface area contributed by atoms with Crippen molar-refractivity contribution in [1.82, 2.24) is 14.2 Å². The largest absolute Gasteiger partial charge is 0.489 e. The van der Waals surface area contributed by atoms with Crippen LogP contribution in [-0.2, 0) is 30.9 Å². The molecule has 242 valence electrons. The van der Waals surface area contributed by atoms with Crippen LogP contribution in [-0.4, -0.2) is 66.5 Å². The lowest BCUT2D eigenvalue weighted by molar-refractivity contribution is -0.130. The molecule has 0 fully saturated rings. The van der Waals surface area contributed by atoms with Crippen LogP contribution in [0.15, 0.2) is 83.8 Å². The monoisotopic (exact) mass is 666 g/mol. The van der Waals surface area contributed by atoms with Crippen LogP contribution in [0.1, 0.15) is 33.3 Å². The number of amides is 3. The maximum atomic E-state index is 14.2. The molecule has 0 saturated heterocycles. The number of ether oxygens (including phenoxy) is 2. The molecule has 11 nitrogen and oxygen atoms in total. The first-order valence-electron chi connectivity index (χ1n) is 14.6. The Morgan fingerprint density at radius 3 is 2.37 bits per heavy atom. The van der Waals surface area contributed by atoms with Gasteiger partial charge in [-0.15, -0.1) is 0 Å². The fourth-order valence-corrected chi connectivity index (χ4v) is 7.04. The summed E-state index contributed by atoms with van der Waals surface area (Å²) in [6, 6.07) is 19.6. The molecule has 46 heavy (non-hydrogen) atoms. The van der Waals surface area contributed by atoms with Gasteiger partial charge < -0.3 is 19.7 Å². The number of carbonyl (C=O) groups is 3. The maximum Gasteiger partial charge on any atom is 0.410 e. The highest BCUT2D eigenvalue weighted by atomic mass is 35.5. The lowest BCUT2D eigenvalue weighted by Gasteiger charge is -2.29. The summed E-state index contributed by atoms with van der Waals surface area (Å²) in [6.07, 6.45) is -0.691. The van der Waals surface area contributed by atoms with Crippen LogP contribution >= 0.6 is 11.6 Å². The van der Waals surface area contributed by atoms with Crippen molar-refractivity contribution in [2.24, 2.45) is 0 Å². The molecule has 1 aromatic heterocycles. The Morgan fingerprint density at radius 1 is 1.04 bits per heavy atom. The fourth-order valence-electron chi connectivity index (χ4n) is 5.07. The van der Waals surface area contributed by atoms with E-state index < -0.39 is 45.6 Å². The Balaban J connectivity index is 1.50. The second-order valence-electron chi connectivity index (χ2n) is 11.9. The molecule has 0 radical (unpaired) electrons. The van der Waals surface area contributed by atoms with Gasteiger partial charge in [0.15, 0.2) is 0 Å². The van der Waals surface area contributed by atoms with Crippen LogP contribution in [0.3, 0.4) is 0 Å². The number of nitrogens with one attached hydrogen (secondary N) is 1. The maximum absolute atomic E-state index is 14.2. The lowest BCUT2D eigenvalue weighted by atomic mass is 10.1. The molecule has 0 spiro atoms. The number of rotatable bonds is 7. The van der Waals surface area contributed by atoms with Crippen molar-refractivity contribution in [3.05, 3.63) is 89.6 Å². The number of benzene rings is 3. The van der Waals surface area contributed by atoms with Gasteiger partial charge in [0.2, 0.25) is 5.91 Å². The molecule has 0 saturated carbocycles. The molecule has 0 bridgehead atoms. The average molecular weight is 667 g/mol. The normalized spacial score (nSPS) is 15.8. The second kappa shape index (κ2) is 12.7. The Bertz CT molecular complexity index is 1900. The van der Waals surface area contributed by atoms with Gasteiger partial charge in [0, 0.05) is 18.0 Å². The number of carbonyl (C=O) groups excluding carboxylic acids is 3. The minimum atomic E-state index is -4.10. The summed E-state index contributed by atoms with van der Waals surface area (Å²) < 4.78 is 40.0. The molecule has 2 atom stereocenters. The van der Waals surface area contributed by atoms with Crippen LogP contribution in [0.25, 0.3) is 10.9 Å². The number of para-hydroxylation sites is 3. The Kier molecular flexibility index (Phi) is 9.05. The smallest absolute Gasteiger partial charge is 0.410 e. The summed E-state index contributed by atoms with van der Waals surface area (Å²) >= 11 is 6.89. The third kappa shape index (κ3) is 6.40. The van der Waals surface area contributed by atoms with Gasteiger partial charge in [-0.05, 0) is 58.0 Å². The van der Waals surface area contributed by atoms with Gasteiger partial charge in [-0.1, -0.05) is 60.1 Å². The molecular formula is C33H35ClN4O7S. The predicted octanol–water partition coefficient (Wildman–Crippen LogP) is 5.20. The van der Waals surface area contributed by atoms with Crippen molar-refractivity contribution in [1.29, 1.82) is 0 Å². The summed E-state index contributed by atoms with van der Waals surface area (Å²) in [6.45, 7) is 6.37. The fraction of sp³-hybridized carbons (Fsp3) is 0.303. The van der Waals surface area contributed by atoms with E-state index in [0.717, 1.165) is 8.87 Å². The quantitative estimate of drug-likeness (QED) is 0.287. The number of halogens is 1. The molecule has 1 N–H and O–H groups in total. The highest BCUT2D eigenvalue weighted by Gasteiger charge is 2.37. The lowest BCUT2D eigenvalue weighted by Crippen LogP contribution is -2.55. The third-order valence-electron chi connectivity index (χ3n) is 7.56. The van der Waals surface area contributed by atoms with Crippen LogP contribution in [0, 0.1) is 0 Å². The summed E-state index contributed by atoms with van der Waals surface area (Å²) in [5.41, 5.74) is 0.401. The highest BCUT2D eigenvalue weighted by Crippen LogP contribution is 2.38. The van der Waals surface area contributed by atoms with E-state index in [2.05, 4.69) is 5.32 Å². The topological polar surface area (TPSA) is 127 Å². The first kappa shape index (κ1) is 32.8. The average Bonchev–Trinajstić information content (AvgIpc) is 3.24. The van der Waals surface area contributed by atoms with Crippen molar-refractivity contribution in [2.45, 2.75) is 56.8 Å². The summed E-state index contributed by atoms with van der Waals surface area (Å²) in [4.78, 5) is 42.7. The molecule has 1 aliphatic rings. The predicted molar refractivity (Wildman–Crippen MR) is 174 cm³/mol. The van der Waals surface area contributed by atoms with Gasteiger partial charge in [-0.2, -0.15) is 0 Å². The molecule has 0 aliphatic carbocycles. The number of anilines is 1. The molecule has 4 aromatic rings. The molecule has 5 rings (SSSR count).